The fourth-order valence-corrected chi connectivity index (χ4v) is 3.49. The van der Waals surface area contributed by atoms with Gasteiger partial charge in [0.2, 0.25) is 0 Å². The predicted octanol–water partition coefficient (Wildman–Crippen LogP) is 4.50. The summed E-state index contributed by atoms with van der Waals surface area (Å²) in [6, 6.07) is 13.2. The highest BCUT2D eigenvalue weighted by Gasteiger charge is 2.23. The maximum atomic E-state index is 13.3. The van der Waals surface area contributed by atoms with Crippen LogP contribution in [-0.2, 0) is 22.6 Å². The Balaban J connectivity index is 1.63. The monoisotopic (exact) mass is 463 g/mol. The minimum Gasteiger partial charge on any atom is -0.452 e. The Kier molecular flexibility index (Phi) is 7.30. The van der Waals surface area contributed by atoms with E-state index in [4.69, 9.17) is 27.9 Å². The molecule has 0 atom stereocenters. The van der Waals surface area contributed by atoms with Crippen LogP contribution in [0.2, 0.25) is 10.2 Å². The normalized spacial score (nSPS) is 10.7. The van der Waals surface area contributed by atoms with Gasteiger partial charge in [0.1, 0.15) is 16.5 Å². The Hall–Kier alpha value is -2.90. The first-order chi connectivity index (χ1) is 14.8. The molecule has 1 aromatic heterocycles. The second-order valence-corrected chi connectivity index (χ2v) is 7.72. The van der Waals surface area contributed by atoms with Crippen LogP contribution in [0, 0.1) is 12.7 Å². The number of nitrogens with zero attached hydrogens (tertiary/aromatic N) is 3. The van der Waals surface area contributed by atoms with Gasteiger partial charge >= 0.3 is 5.97 Å². The number of benzene rings is 2. The van der Waals surface area contributed by atoms with Crippen LogP contribution in [0.25, 0.3) is 0 Å². The molecule has 0 bridgehead atoms. The van der Waals surface area contributed by atoms with E-state index < -0.39 is 18.5 Å². The molecule has 0 aliphatic carbocycles. The molecular formula is C22H20Cl2FN3O3. The van der Waals surface area contributed by atoms with Crippen molar-refractivity contribution in [3.63, 3.8) is 0 Å². The fraction of sp³-hybridized carbons (Fsp3) is 0.227. The molecule has 2 aromatic carbocycles. The lowest BCUT2D eigenvalue weighted by Gasteiger charge is -2.17. The largest absolute Gasteiger partial charge is 0.452 e. The molecule has 0 saturated heterocycles. The van der Waals surface area contributed by atoms with E-state index in [1.54, 1.807) is 32.2 Å². The molecule has 0 aliphatic heterocycles. The minimum atomic E-state index is -0.750. The second kappa shape index (κ2) is 9.94. The van der Waals surface area contributed by atoms with Crippen molar-refractivity contribution in [2.45, 2.75) is 20.0 Å². The maximum absolute atomic E-state index is 13.3. The van der Waals surface area contributed by atoms with E-state index in [0.29, 0.717) is 16.3 Å². The Labute approximate surface area is 189 Å². The summed E-state index contributed by atoms with van der Waals surface area (Å²) in [6.45, 7) is 1.62. The molecule has 162 valence electrons. The SMILES string of the molecule is Cc1nn(Cc2ccccc2Cl)c(Cl)c1C(=O)OCC(=O)N(C)Cc1cccc(F)c1. The van der Waals surface area contributed by atoms with Gasteiger partial charge in [-0.1, -0.05) is 53.5 Å². The number of rotatable bonds is 7. The molecular weight excluding hydrogens is 444 g/mol. The number of halogens is 3. The molecule has 3 aromatic rings. The first-order valence-corrected chi connectivity index (χ1v) is 10.1. The van der Waals surface area contributed by atoms with E-state index in [2.05, 4.69) is 5.10 Å². The van der Waals surface area contributed by atoms with Crippen LogP contribution in [-0.4, -0.2) is 40.2 Å². The van der Waals surface area contributed by atoms with E-state index in [9.17, 15) is 14.0 Å². The van der Waals surface area contributed by atoms with E-state index in [1.807, 2.05) is 18.2 Å². The lowest BCUT2D eigenvalue weighted by atomic mass is 10.2. The lowest BCUT2D eigenvalue weighted by Crippen LogP contribution is -2.31. The number of hydrogen-bond donors (Lipinski definition) is 0. The number of aromatic nitrogens is 2. The van der Waals surface area contributed by atoms with Gasteiger partial charge in [0.05, 0.1) is 12.2 Å². The van der Waals surface area contributed by atoms with Crippen LogP contribution < -0.4 is 0 Å². The van der Waals surface area contributed by atoms with Crippen molar-refractivity contribution in [3.8, 4) is 0 Å². The van der Waals surface area contributed by atoms with Gasteiger partial charge in [0, 0.05) is 18.6 Å². The number of amides is 1. The summed E-state index contributed by atoms with van der Waals surface area (Å²) in [5.41, 5.74) is 1.89. The molecule has 0 unspecified atom stereocenters. The summed E-state index contributed by atoms with van der Waals surface area (Å²) in [6.07, 6.45) is 0. The number of esters is 1. The minimum absolute atomic E-state index is 0.0919. The topological polar surface area (TPSA) is 64.4 Å². The second-order valence-electron chi connectivity index (χ2n) is 6.96. The molecule has 1 heterocycles. The summed E-state index contributed by atoms with van der Waals surface area (Å²) < 4.78 is 19.9. The highest BCUT2D eigenvalue weighted by atomic mass is 35.5. The zero-order valence-corrected chi connectivity index (χ0v) is 18.5. The van der Waals surface area contributed by atoms with Gasteiger partial charge in [-0.15, -0.1) is 0 Å². The predicted molar refractivity (Wildman–Crippen MR) is 116 cm³/mol. The summed E-state index contributed by atoms with van der Waals surface area (Å²) in [5, 5.41) is 4.95. The molecule has 6 nitrogen and oxygen atoms in total. The molecule has 3 rings (SSSR count). The molecule has 0 radical (unpaired) electrons. The van der Waals surface area contributed by atoms with Crippen molar-refractivity contribution in [1.29, 1.82) is 0 Å². The number of hydrogen-bond acceptors (Lipinski definition) is 4. The zero-order chi connectivity index (χ0) is 22.5. The number of carbonyl (C=O) groups is 2. The molecule has 0 saturated carbocycles. The van der Waals surface area contributed by atoms with Gasteiger partial charge in [-0.25, -0.2) is 13.9 Å². The van der Waals surface area contributed by atoms with Gasteiger partial charge in [-0.05, 0) is 36.2 Å². The third kappa shape index (κ3) is 5.62. The summed E-state index contributed by atoms with van der Waals surface area (Å²) in [5.74, 6) is -1.57. The van der Waals surface area contributed by atoms with Gasteiger partial charge in [0.25, 0.3) is 5.91 Å². The Morgan fingerprint density at radius 2 is 1.90 bits per heavy atom. The summed E-state index contributed by atoms with van der Waals surface area (Å²) >= 11 is 12.5. The van der Waals surface area contributed by atoms with Crippen LogP contribution in [0.1, 0.15) is 27.2 Å². The Bertz CT molecular complexity index is 1120. The first-order valence-electron chi connectivity index (χ1n) is 9.38. The quantitative estimate of drug-likeness (QED) is 0.483. The van der Waals surface area contributed by atoms with Crippen molar-refractivity contribution in [1.82, 2.24) is 14.7 Å². The van der Waals surface area contributed by atoms with E-state index in [0.717, 1.165) is 5.56 Å². The van der Waals surface area contributed by atoms with Crippen molar-refractivity contribution >= 4 is 35.1 Å². The summed E-state index contributed by atoms with van der Waals surface area (Å²) in [7, 11) is 1.54. The first kappa shape index (κ1) is 22.8. The van der Waals surface area contributed by atoms with Gasteiger partial charge in [-0.3, -0.25) is 4.79 Å². The molecule has 0 spiro atoms. The third-order valence-corrected chi connectivity index (χ3v) is 5.36. The molecule has 0 fully saturated rings. The molecule has 0 aliphatic rings. The summed E-state index contributed by atoms with van der Waals surface area (Å²) in [4.78, 5) is 26.2. The standard InChI is InChI=1S/C22H20Cl2FN3O3/c1-14-20(21(24)28(26-14)12-16-7-3-4-9-18(16)23)22(30)31-13-19(29)27(2)11-15-6-5-8-17(25)10-15/h3-10H,11-13H2,1-2H3. The fourth-order valence-electron chi connectivity index (χ4n) is 2.98. The van der Waals surface area contributed by atoms with Crippen molar-refractivity contribution in [3.05, 3.63) is 86.9 Å². The van der Waals surface area contributed by atoms with Crippen LogP contribution in [0.5, 0.6) is 0 Å². The zero-order valence-electron chi connectivity index (χ0n) is 16.9. The highest BCUT2D eigenvalue weighted by molar-refractivity contribution is 6.33. The van der Waals surface area contributed by atoms with Crippen LogP contribution in [0.15, 0.2) is 48.5 Å². The van der Waals surface area contributed by atoms with Crippen LogP contribution >= 0.6 is 23.2 Å². The molecule has 31 heavy (non-hydrogen) atoms. The van der Waals surface area contributed by atoms with Crippen LogP contribution in [0.3, 0.4) is 0 Å². The maximum Gasteiger partial charge on any atom is 0.343 e. The Morgan fingerprint density at radius 3 is 2.61 bits per heavy atom. The molecule has 0 N–H and O–H groups in total. The average molecular weight is 464 g/mol. The van der Waals surface area contributed by atoms with E-state index >= 15 is 0 Å². The van der Waals surface area contributed by atoms with Crippen molar-refractivity contribution in [2.24, 2.45) is 0 Å². The smallest absolute Gasteiger partial charge is 0.343 e. The number of likely N-dealkylation sites (N-methyl/N-ethyl adjacent to an activating group) is 1. The average Bonchev–Trinajstić information content (AvgIpc) is 3.00. The van der Waals surface area contributed by atoms with E-state index in [-0.39, 0.29) is 29.6 Å². The van der Waals surface area contributed by atoms with E-state index in [1.165, 1.54) is 21.7 Å². The van der Waals surface area contributed by atoms with Crippen molar-refractivity contribution in [2.75, 3.05) is 13.7 Å². The lowest BCUT2D eigenvalue weighted by molar-refractivity contribution is -0.133. The highest BCUT2D eigenvalue weighted by Crippen LogP contribution is 2.24. The van der Waals surface area contributed by atoms with Gasteiger partial charge in [0.15, 0.2) is 6.61 Å². The Morgan fingerprint density at radius 1 is 1.16 bits per heavy atom. The number of aryl methyl sites for hydroxylation is 1. The number of ether oxygens (including phenoxy) is 1. The third-order valence-electron chi connectivity index (χ3n) is 4.61. The molecule has 1 amide bonds. The van der Waals surface area contributed by atoms with Crippen molar-refractivity contribution < 1.29 is 18.7 Å². The van der Waals surface area contributed by atoms with Gasteiger partial charge in [-0.2, -0.15) is 5.10 Å². The van der Waals surface area contributed by atoms with Gasteiger partial charge < -0.3 is 9.64 Å². The number of carbonyl (C=O) groups excluding carboxylic acids is 2. The van der Waals surface area contributed by atoms with Crippen LogP contribution in [0.4, 0.5) is 4.39 Å². The molecule has 9 heteroatoms.